The van der Waals surface area contributed by atoms with Crippen LogP contribution in [0.4, 0.5) is 5.69 Å². The Balaban J connectivity index is 1.25. The summed E-state index contributed by atoms with van der Waals surface area (Å²) in [7, 11) is 1.65. The van der Waals surface area contributed by atoms with Gasteiger partial charge in [-0.15, -0.1) is 0 Å². The third-order valence-electron chi connectivity index (χ3n) is 7.37. The van der Waals surface area contributed by atoms with E-state index in [1.807, 2.05) is 41.3 Å². The van der Waals surface area contributed by atoms with E-state index >= 15 is 0 Å². The number of amides is 1. The predicted octanol–water partition coefficient (Wildman–Crippen LogP) is 6.24. The monoisotopic (exact) mass is 514 g/mol. The molecule has 0 N–H and O–H groups in total. The Morgan fingerprint density at radius 2 is 1.49 bits per heavy atom. The molecule has 0 saturated carbocycles. The summed E-state index contributed by atoms with van der Waals surface area (Å²) >= 11 is 0. The van der Waals surface area contributed by atoms with Crippen molar-refractivity contribution in [1.29, 1.82) is 0 Å². The van der Waals surface area contributed by atoms with Gasteiger partial charge in [-0.25, -0.2) is 9.97 Å². The van der Waals surface area contributed by atoms with E-state index in [1.54, 1.807) is 13.3 Å². The standard InChI is InChI=1S/C33H30N4O2/c1-23-7-9-26(10-8-23)31-30(25-12-15-29(39-2)16-13-25)22-34-32(35-31)33(38)37-19-17-36(18-20-37)28-14-11-24-5-3-4-6-27(24)21-28/h3-16,21-22H,17-20H2,1-2H3. The fourth-order valence-electron chi connectivity index (χ4n) is 5.08. The van der Waals surface area contributed by atoms with Gasteiger partial charge in [0.05, 0.1) is 12.8 Å². The molecule has 1 amide bonds. The number of nitrogens with zero attached hydrogens (tertiary/aromatic N) is 4. The number of carbonyl (C=O) groups excluding carboxylic acids is 1. The highest BCUT2D eigenvalue weighted by Gasteiger charge is 2.25. The van der Waals surface area contributed by atoms with Crippen molar-refractivity contribution in [2.45, 2.75) is 6.92 Å². The van der Waals surface area contributed by atoms with Gasteiger partial charge in [0.25, 0.3) is 5.91 Å². The van der Waals surface area contributed by atoms with Crippen LogP contribution in [-0.2, 0) is 0 Å². The van der Waals surface area contributed by atoms with Gasteiger partial charge in [-0.3, -0.25) is 4.79 Å². The summed E-state index contributed by atoms with van der Waals surface area (Å²) in [5.41, 5.74) is 5.88. The Morgan fingerprint density at radius 1 is 0.795 bits per heavy atom. The SMILES string of the molecule is COc1ccc(-c2cnc(C(=O)N3CCN(c4ccc5ccccc5c4)CC3)nc2-c2ccc(C)cc2)cc1. The molecule has 1 aromatic heterocycles. The van der Waals surface area contributed by atoms with Gasteiger partial charge in [0.15, 0.2) is 0 Å². The molecular weight excluding hydrogens is 484 g/mol. The topological polar surface area (TPSA) is 58.6 Å². The molecule has 39 heavy (non-hydrogen) atoms. The van der Waals surface area contributed by atoms with E-state index in [-0.39, 0.29) is 11.7 Å². The number of hydrogen-bond acceptors (Lipinski definition) is 5. The zero-order chi connectivity index (χ0) is 26.8. The van der Waals surface area contributed by atoms with E-state index in [9.17, 15) is 4.79 Å². The van der Waals surface area contributed by atoms with Crippen molar-refractivity contribution in [2.75, 3.05) is 38.2 Å². The molecule has 0 unspecified atom stereocenters. The number of fused-ring (bicyclic) bond motifs is 1. The largest absolute Gasteiger partial charge is 0.497 e. The number of carbonyl (C=O) groups is 1. The molecule has 6 heteroatoms. The van der Waals surface area contributed by atoms with Crippen molar-refractivity contribution in [3.05, 3.63) is 109 Å². The number of aryl methyl sites for hydroxylation is 1. The van der Waals surface area contributed by atoms with Crippen molar-refractivity contribution in [2.24, 2.45) is 0 Å². The second kappa shape index (κ2) is 10.6. The first kappa shape index (κ1) is 24.6. The molecule has 2 heterocycles. The molecule has 5 aromatic rings. The number of hydrogen-bond donors (Lipinski definition) is 0. The van der Waals surface area contributed by atoms with E-state index in [0.29, 0.717) is 13.1 Å². The Morgan fingerprint density at radius 3 is 2.21 bits per heavy atom. The number of ether oxygens (including phenoxy) is 1. The van der Waals surface area contributed by atoms with Gasteiger partial charge >= 0.3 is 0 Å². The summed E-state index contributed by atoms with van der Waals surface area (Å²) in [6.45, 7) is 4.82. The Kier molecular flexibility index (Phi) is 6.68. The summed E-state index contributed by atoms with van der Waals surface area (Å²) in [5.74, 6) is 0.871. The van der Waals surface area contributed by atoms with E-state index in [0.717, 1.165) is 41.2 Å². The molecule has 6 nitrogen and oxygen atoms in total. The lowest BCUT2D eigenvalue weighted by atomic mass is 10.00. The highest BCUT2D eigenvalue weighted by molar-refractivity contribution is 5.93. The van der Waals surface area contributed by atoms with E-state index in [4.69, 9.17) is 9.72 Å². The van der Waals surface area contributed by atoms with Crippen LogP contribution in [0.1, 0.15) is 16.2 Å². The molecule has 0 spiro atoms. The van der Waals surface area contributed by atoms with Crippen LogP contribution in [0.5, 0.6) is 5.75 Å². The minimum absolute atomic E-state index is 0.136. The van der Waals surface area contributed by atoms with Gasteiger partial charge < -0.3 is 14.5 Å². The van der Waals surface area contributed by atoms with Crippen molar-refractivity contribution < 1.29 is 9.53 Å². The summed E-state index contributed by atoms with van der Waals surface area (Å²) in [4.78, 5) is 27.1. The number of aromatic nitrogens is 2. The smallest absolute Gasteiger partial charge is 0.291 e. The van der Waals surface area contributed by atoms with Gasteiger partial charge in [-0.1, -0.05) is 72.3 Å². The van der Waals surface area contributed by atoms with Crippen LogP contribution in [-0.4, -0.2) is 54.1 Å². The molecule has 1 aliphatic rings. The average Bonchev–Trinajstić information content (AvgIpc) is 3.01. The zero-order valence-electron chi connectivity index (χ0n) is 22.2. The molecular formula is C33H30N4O2. The van der Waals surface area contributed by atoms with Gasteiger partial charge in [0.2, 0.25) is 5.82 Å². The van der Waals surface area contributed by atoms with Crippen LogP contribution < -0.4 is 9.64 Å². The summed E-state index contributed by atoms with van der Waals surface area (Å²) in [6.07, 6.45) is 1.77. The van der Waals surface area contributed by atoms with Gasteiger partial charge in [0, 0.05) is 49.2 Å². The Bertz CT molecular complexity index is 1620. The summed E-state index contributed by atoms with van der Waals surface area (Å²) in [6, 6.07) is 30.9. The van der Waals surface area contributed by atoms with Crippen LogP contribution in [0.2, 0.25) is 0 Å². The number of piperazine rings is 1. The maximum Gasteiger partial charge on any atom is 0.291 e. The predicted molar refractivity (Wildman–Crippen MR) is 156 cm³/mol. The average molecular weight is 515 g/mol. The molecule has 6 rings (SSSR count). The minimum atomic E-state index is -0.136. The van der Waals surface area contributed by atoms with Crippen molar-refractivity contribution in [3.63, 3.8) is 0 Å². The lowest BCUT2D eigenvalue weighted by molar-refractivity contribution is 0.0734. The van der Waals surface area contributed by atoms with Crippen LogP contribution >= 0.6 is 0 Å². The minimum Gasteiger partial charge on any atom is -0.497 e. The zero-order valence-corrected chi connectivity index (χ0v) is 22.2. The van der Waals surface area contributed by atoms with Crippen molar-refractivity contribution in [1.82, 2.24) is 14.9 Å². The Hall–Kier alpha value is -4.71. The molecule has 4 aromatic carbocycles. The van der Waals surface area contributed by atoms with Gasteiger partial charge in [-0.05, 0) is 47.5 Å². The molecule has 0 aliphatic carbocycles. The Labute approximate surface area is 228 Å². The highest BCUT2D eigenvalue weighted by atomic mass is 16.5. The first-order valence-corrected chi connectivity index (χ1v) is 13.2. The number of methoxy groups -OCH3 is 1. The van der Waals surface area contributed by atoms with Gasteiger partial charge in [0.1, 0.15) is 5.75 Å². The van der Waals surface area contributed by atoms with E-state index in [1.165, 1.54) is 22.0 Å². The first-order chi connectivity index (χ1) is 19.1. The summed E-state index contributed by atoms with van der Waals surface area (Å²) < 4.78 is 5.32. The lowest BCUT2D eigenvalue weighted by Gasteiger charge is -2.36. The summed E-state index contributed by atoms with van der Waals surface area (Å²) in [5, 5.41) is 2.46. The third kappa shape index (κ3) is 5.06. The van der Waals surface area contributed by atoms with Crippen LogP contribution in [0, 0.1) is 6.92 Å². The van der Waals surface area contributed by atoms with E-state index < -0.39 is 0 Å². The van der Waals surface area contributed by atoms with Crippen LogP contribution in [0.25, 0.3) is 33.2 Å². The second-order valence-corrected chi connectivity index (χ2v) is 9.86. The number of anilines is 1. The third-order valence-corrected chi connectivity index (χ3v) is 7.37. The maximum atomic E-state index is 13.6. The van der Waals surface area contributed by atoms with Crippen molar-refractivity contribution in [3.8, 4) is 28.1 Å². The quantitative estimate of drug-likeness (QED) is 0.278. The first-order valence-electron chi connectivity index (χ1n) is 13.2. The second-order valence-electron chi connectivity index (χ2n) is 9.86. The van der Waals surface area contributed by atoms with Crippen molar-refractivity contribution >= 4 is 22.4 Å². The normalized spacial score (nSPS) is 13.5. The van der Waals surface area contributed by atoms with Crippen LogP contribution in [0.3, 0.4) is 0 Å². The fraction of sp³-hybridized carbons (Fsp3) is 0.182. The highest BCUT2D eigenvalue weighted by Crippen LogP contribution is 2.32. The molecule has 1 fully saturated rings. The molecule has 0 radical (unpaired) electrons. The number of benzene rings is 4. The molecule has 1 saturated heterocycles. The number of rotatable bonds is 5. The molecule has 0 atom stereocenters. The maximum absolute atomic E-state index is 13.6. The lowest BCUT2D eigenvalue weighted by Crippen LogP contribution is -2.49. The molecule has 0 bridgehead atoms. The van der Waals surface area contributed by atoms with Crippen LogP contribution in [0.15, 0.2) is 97.2 Å². The molecule has 1 aliphatic heterocycles. The van der Waals surface area contributed by atoms with E-state index in [2.05, 4.69) is 71.4 Å². The fourth-order valence-corrected chi connectivity index (χ4v) is 5.08. The molecule has 194 valence electrons. The van der Waals surface area contributed by atoms with Gasteiger partial charge in [-0.2, -0.15) is 0 Å².